The van der Waals surface area contributed by atoms with Crippen LogP contribution in [0.2, 0.25) is 0 Å². The Balaban J connectivity index is 1.70. The summed E-state index contributed by atoms with van der Waals surface area (Å²) in [6, 6.07) is 14.4. The minimum atomic E-state index is -3.99. The quantitative estimate of drug-likeness (QED) is 0.816. The van der Waals surface area contributed by atoms with E-state index in [1.54, 1.807) is 18.2 Å². The van der Waals surface area contributed by atoms with Gasteiger partial charge < -0.3 is 0 Å². The summed E-state index contributed by atoms with van der Waals surface area (Å²) < 4.78 is 26.8. The first-order valence-corrected chi connectivity index (χ1v) is 9.48. The van der Waals surface area contributed by atoms with Crippen molar-refractivity contribution >= 4 is 21.7 Å². The third-order valence-corrected chi connectivity index (χ3v) is 5.74. The fraction of sp³-hybridized carbons (Fsp3) is 0.211. The Bertz CT molecular complexity index is 1020. The molecule has 1 saturated carbocycles. The Morgan fingerprint density at radius 3 is 2.46 bits per heavy atom. The Labute approximate surface area is 151 Å². The van der Waals surface area contributed by atoms with Crippen molar-refractivity contribution in [2.24, 2.45) is 5.92 Å². The first-order valence-electron chi connectivity index (χ1n) is 7.99. The summed E-state index contributed by atoms with van der Waals surface area (Å²) in [7, 11) is -3.99. The van der Waals surface area contributed by atoms with Crippen molar-refractivity contribution in [3.63, 3.8) is 0 Å². The zero-order valence-corrected chi connectivity index (χ0v) is 14.8. The van der Waals surface area contributed by atoms with Crippen molar-refractivity contribution in [2.75, 3.05) is 0 Å². The summed E-state index contributed by atoms with van der Waals surface area (Å²) in [6.45, 7) is 1.39. The number of rotatable bonds is 5. The van der Waals surface area contributed by atoms with E-state index in [4.69, 9.17) is 5.26 Å². The number of ketones is 1. The molecule has 1 fully saturated rings. The monoisotopic (exact) mass is 368 g/mol. The van der Waals surface area contributed by atoms with Gasteiger partial charge >= 0.3 is 0 Å². The zero-order valence-electron chi connectivity index (χ0n) is 14.0. The fourth-order valence-electron chi connectivity index (χ4n) is 2.83. The first-order chi connectivity index (χ1) is 12.3. The predicted octanol–water partition coefficient (Wildman–Crippen LogP) is 2.37. The lowest BCUT2D eigenvalue weighted by molar-refractivity contribution is -0.120. The Hall–Kier alpha value is -2.98. The second-order valence-electron chi connectivity index (χ2n) is 6.24. The molecule has 26 heavy (non-hydrogen) atoms. The molecule has 0 heterocycles. The standard InChI is InChI=1S/C19H16N2O4S/c1-12(22)14-5-7-16(8-6-14)26(24,25)21-19(23)18-10-17(18)15-4-2-3-13(9-15)11-20/h2-9,17-18H,10H2,1H3,(H,21,23)/t17-,18+/m0/s1. The SMILES string of the molecule is CC(=O)c1ccc(S(=O)(=O)NC(=O)[C@@H]2C[C@H]2c2cccc(C#N)c2)cc1. The highest BCUT2D eigenvalue weighted by Crippen LogP contribution is 2.47. The van der Waals surface area contributed by atoms with Crippen molar-refractivity contribution in [1.29, 1.82) is 5.26 Å². The van der Waals surface area contributed by atoms with Gasteiger partial charge in [-0.05, 0) is 49.1 Å². The highest BCUT2D eigenvalue weighted by Gasteiger charge is 2.45. The predicted molar refractivity (Wildman–Crippen MR) is 93.8 cm³/mol. The van der Waals surface area contributed by atoms with Crippen LogP contribution in [0.4, 0.5) is 0 Å². The van der Waals surface area contributed by atoms with Gasteiger partial charge in [-0.15, -0.1) is 0 Å². The number of carbonyl (C=O) groups is 2. The normalized spacial score (nSPS) is 18.6. The molecule has 132 valence electrons. The molecule has 1 amide bonds. The molecule has 7 heteroatoms. The summed E-state index contributed by atoms with van der Waals surface area (Å²) in [6.07, 6.45) is 0.541. The number of Topliss-reactive ketones (excluding diaryl/α,β-unsaturated/α-hetero) is 1. The Kier molecular flexibility index (Phi) is 4.62. The molecule has 0 unspecified atom stereocenters. The molecular formula is C19H16N2O4S. The molecule has 2 atom stereocenters. The lowest BCUT2D eigenvalue weighted by atomic mass is 10.1. The van der Waals surface area contributed by atoms with E-state index in [2.05, 4.69) is 4.72 Å². The van der Waals surface area contributed by atoms with Crippen LogP contribution in [0.1, 0.15) is 40.7 Å². The second kappa shape index (κ2) is 6.73. The van der Waals surface area contributed by atoms with Crippen molar-refractivity contribution < 1.29 is 18.0 Å². The van der Waals surface area contributed by atoms with E-state index in [1.807, 2.05) is 12.1 Å². The van der Waals surface area contributed by atoms with Crippen LogP contribution in [0, 0.1) is 17.2 Å². The van der Waals surface area contributed by atoms with Gasteiger partial charge in [0.15, 0.2) is 5.78 Å². The molecule has 1 aliphatic rings. The molecular weight excluding hydrogens is 352 g/mol. The number of hydrogen-bond acceptors (Lipinski definition) is 5. The fourth-order valence-corrected chi connectivity index (χ4v) is 3.86. The summed E-state index contributed by atoms with van der Waals surface area (Å²) in [4.78, 5) is 23.5. The van der Waals surface area contributed by atoms with E-state index in [9.17, 15) is 18.0 Å². The molecule has 0 aliphatic heterocycles. The highest BCUT2D eigenvalue weighted by atomic mass is 32.2. The van der Waals surface area contributed by atoms with Gasteiger partial charge in [0.2, 0.25) is 5.91 Å². The maximum atomic E-state index is 12.3. The maximum Gasteiger partial charge on any atom is 0.264 e. The molecule has 1 aliphatic carbocycles. The van der Waals surface area contributed by atoms with Crippen molar-refractivity contribution in [1.82, 2.24) is 4.72 Å². The van der Waals surface area contributed by atoms with E-state index in [1.165, 1.54) is 31.2 Å². The van der Waals surface area contributed by atoms with Crippen molar-refractivity contribution in [3.05, 3.63) is 65.2 Å². The summed E-state index contributed by atoms with van der Waals surface area (Å²) in [5.74, 6) is -1.25. The van der Waals surface area contributed by atoms with Gasteiger partial charge in [-0.25, -0.2) is 13.1 Å². The van der Waals surface area contributed by atoms with Gasteiger partial charge in [-0.1, -0.05) is 24.3 Å². The number of hydrogen-bond donors (Lipinski definition) is 1. The number of sulfonamides is 1. The summed E-state index contributed by atoms with van der Waals surface area (Å²) >= 11 is 0. The molecule has 0 bridgehead atoms. The highest BCUT2D eigenvalue weighted by molar-refractivity contribution is 7.90. The van der Waals surface area contributed by atoms with E-state index < -0.39 is 21.8 Å². The Morgan fingerprint density at radius 1 is 1.15 bits per heavy atom. The number of benzene rings is 2. The van der Waals surface area contributed by atoms with Crippen LogP contribution in [0.5, 0.6) is 0 Å². The van der Waals surface area contributed by atoms with Gasteiger partial charge in [0.25, 0.3) is 10.0 Å². The molecule has 6 nitrogen and oxygen atoms in total. The number of carbonyl (C=O) groups excluding carboxylic acids is 2. The third kappa shape index (κ3) is 3.65. The molecule has 0 aromatic heterocycles. The van der Waals surface area contributed by atoms with Gasteiger partial charge in [-0.2, -0.15) is 5.26 Å². The lowest BCUT2D eigenvalue weighted by Gasteiger charge is -2.07. The zero-order chi connectivity index (χ0) is 18.9. The van der Waals surface area contributed by atoms with Crippen LogP contribution >= 0.6 is 0 Å². The number of nitrogens with one attached hydrogen (secondary N) is 1. The molecule has 3 rings (SSSR count). The molecule has 2 aromatic carbocycles. The summed E-state index contributed by atoms with van der Waals surface area (Å²) in [5, 5.41) is 8.94. The van der Waals surface area contributed by atoms with Gasteiger partial charge in [0.1, 0.15) is 0 Å². The Morgan fingerprint density at radius 2 is 1.85 bits per heavy atom. The van der Waals surface area contributed by atoms with Crippen LogP contribution in [0.15, 0.2) is 53.4 Å². The molecule has 0 saturated heterocycles. The number of nitrogens with zero attached hydrogens (tertiary/aromatic N) is 1. The molecule has 1 N–H and O–H groups in total. The molecule has 0 radical (unpaired) electrons. The van der Waals surface area contributed by atoms with Gasteiger partial charge in [0, 0.05) is 11.5 Å². The van der Waals surface area contributed by atoms with E-state index in [-0.39, 0.29) is 16.6 Å². The minimum Gasteiger partial charge on any atom is -0.295 e. The second-order valence-corrected chi connectivity index (χ2v) is 7.92. The van der Waals surface area contributed by atoms with Gasteiger partial charge in [-0.3, -0.25) is 9.59 Å². The van der Waals surface area contributed by atoms with Crippen LogP contribution in [0.25, 0.3) is 0 Å². The van der Waals surface area contributed by atoms with Crippen molar-refractivity contribution in [2.45, 2.75) is 24.2 Å². The average Bonchev–Trinajstić information content (AvgIpc) is 3.42. The number of nitriles is 1. The van der Waals surface area contributed by atoms with Gasteiger partial charge in [0.05, 0.1) is 16.5 Å². The van der Waals surface area contributed by atoms with Crippen LogP contribution in [0.3, 0.4) is 0 Å². The average molecular weight is 368 g/mol. The largest absolute Gasteiger partial charge is 0.295 e. The third-order valence-electron chi connectivity index (χ3n) is 4.38. The molecule has 0 spiro atoms. The van der Waals surface area contributed by atoms with Crippen LogP contribution in [-0.4, -0.2) is 20.1 Å². The molecule has 2 aromatic rings. The minimum absolute atomic E-state index is 0.0699. The number of amides is 1. The van der Waals surface area contributed by atoms with E-state index in [0.717, 1.165) is 5.56 Å². The maximum absolute atomic E-state index is 12.3. The van der Waals surface area contributed by atoms with E-state index >= 15 is 0 Å². The van der Waals surface area contributed by atoms with Crippen LogP contribution in [-0.2, 0) is 14.8 Å². The van der Waals surface area contributed by atoms with Crippen molar-refractivity contribution in [3.8, 4) is 6.07 Å². The lowest BCUT2D eigenvalue weighted by Crippen LogP contribution is -2.32. The smallest absolute Gasteiger partial charge is 0.264 e. The first kappa shape index (κ1) is 17.8. The van der Waals surface area contributed by atoms with E-state index in [0.29, 0.717) is 17.5 Å². The van der Waals surface area contributed by atoms with Crippen LogP contribution < -0.4 is 4.72 Å². The topological polar surface area (TPSA) is 104 Å². The summed E-state index contributed by atoms with van der Waals surface area (Å²) in [5.41, 5.74) is 1.76.